The van der Waals surface area contributed by atoms with Gasteiger partial charge < -0.3 is 10.1 Å². The zero-order valence-corrected chi connectivity index (χ0v) is 15.9. The fourth-order valence-corrected chi connectivity index (χ4v) is 3.40. The van der Waals surface area contributed by atoms with Gasteiger partial charge in [0.05, 0.1) is 17.7 Å². The molecular formula is C24H20N4O. The third kappa shape index (κ3) is 3.65. The fraction of sp³-hybridized carbons (Fsp3) is 0.167. The van der Waals surface area contributed by atoms with Crippen LogP contribution in [-0.2, 0) is 0 Å². The van der Waals surface area contributed by atoms with Gasteiger partial charge in [-0.3, -0.25) is 5.10 Å². The molecule has 0 atom stereocenters. The predicted octanol–water partition coefficient (Wildman–Crippen LogP) is 5.63. The summed E-state index contributed by atoms with van der Waals surface area (Å²) >= 11 is 0. The van der Waals surface area contributed by atoms with Crippen molar-refractivity contribution in [3.05, 3.63) is 72.3 Å². The minimum absolute atomic E-state index is 0.535. The number of hydrogen-bond acceptors (Lipinski definition) is 4. The van der Waals surface area contributed by atoms with Gasteiger partial charge in [0.15, 0.2) is 0 Å². The average molecular weight is 380 g/mol. The molecule has 0 spiro atoms. The van der Waals surface area contributed by atoms with E-state index in [-0.39, 0.29) is 0 Å². The third-order valence-electron chi connectivity index (χ3n) is 5.15. The number of nitriles is 1. The molecule has 5 nitrogen and oxygen atoms in total. The van der Waals surface area contributed by atoms with Crippen molar-refractivity contribution < 1.29 is 4.74 Å². The van der Waals surface area contributed by atoms with E-state index in [0.717, 1.165) is 33.5 Å². The van der Waals surface area contributed by atoms with Gasteiger partial charge in [-0.25, -0.2) is 0 Å². The van der Waals surface area contributed by atoms with Gasteiger partial charge in [0.25, 0.3) is 0 Å². The van der Waals surface area contributed by atoms with Crippen LogP contribution in [0, 0.1) is 17.2 Å². The Morgan fingerprint density at radius 1 is 1.03 bits per heavy atom. The molecule has 0 amide bonds. The number of nitrogens with zero attached hydrogens (tertiary/aromatic N) is 2. The molecule has 142 valence electrons. The summed E-state index contributed by atoms with van der Waals surface area (Å²) in [5.41, 5.74) is 5.23. The second-order valence-electron chi connectivity index (χ2n) is 7.40. The van der Waals surface area contributed by atoms with E-state index >= 15 is 0 Å². The molecule has 2 N–H and O–H groups in total. The first-order valence-corrected chi connectivity index (χ1v) is 9.78. The molecule has 1 heterocycles. The molecule has 1 fully saturated rings. The van der Waals surface area contributed by atoms with E-state index in [9.17, 15) is 5.26 Å². The SMILES string of the molecule is N#Cc1cc2[nH]nc(-c3cccc(Nc4ccccc4)c3)c2cc1OCC1CC1. The van der Waals surface area contributed by atoms with Crippen LogP contribution in [0.5, 0.6) is 5.75 Å². The van der Waals surface area contributed by atoms with Gasteiger partial charge in [-0.1, -0.05) is 30.3 Å². The molecule has 0 saturated heterocycles. The Morgan fingerprint density at radius 3 is 2.66 bits per heavy atom. The van der Waals surface area contributed by atoms with Crippen molar-refractivity contribution in [1.82, 2.24) is 10.2 Å². The second-order valence-corrected chi connectivity index (χ2v) is 7.40. The van der Waals surface area contributed by atoms with E-state index in [2.05, 4.69) is 27.6 Å². The topological polar surface area (TPSA) is 73.7 Å². The number of fused-ring (bicyclic) bond motifs is 1. The van der Waals surface area contributed by atoms with Crippen LogP contribution in [0.15, 0.2) is 66.7 Å². The number of aromatic nitrogens is 2. The molecule has 3 aromatic carbocycles. The first-order chi connectivity index (χ1) is 14.3. The van der Waals surface area contributed by atoms with Crippen molar-refractivity contribution >= 4 is 22.3 Å². The van der Waals surface area contributed by atoms with Gasteiger partial charge in [0.2, 0.25) is 0 Å². The highest BCUT2D eigenvalue weighted by Gasteiger charge is 2.23. The number of H-pyrrole nitrogens is 1. The monoisotopic (exact) mass is 380 g/mol. The average Bonchev–Trinajstić information content (AvgIpc) is 3.50. The Balaban J connectivity index is 1.50. The number of rotatable bonds is 6. The fourth-order valence-electron chi connectivity index (χ4n) is 3.40. The number of ether oxygens (including phenoxy) is 1. The normalized spacial score (nSPS) is 13.2. The number of hydrogen-bond donors (Lipinski definition) is 2. The number of benzene rings is 3. The lowest BCUT2D eigenvalue weighted by Crippen LogP contribution is -2.00. The highest BCUT2D eigenvalue weighted by Crippen LogP contribution is 2.35. The smallest absolute Gasteiger partial charge is 0.137 e. The molecule has 1 aliphatic rings. The molecular weight excluding hydrogens is 360 g/mol. The van der Waals surface area contributed by atoms with Crippen molar-refractivity contribution in [1.29, 1.82) is 5.26 Å². The van der Waals surface area contributed by atoms with E-state index in [1.807, 2.05) is 60.7 Å². The van der Waals surface area contributed by atoms with Crippen LogP contribution in [0.1, 0.15) is 18.4 Å². The van der Waals surface area contributed by atoms with E-state index in [4.69, 9.17) is 4.74 Å². The summed E-state index contributed by atoms with van der Waals surface area (Å²) < 4.78 is 5.95. The summed E-state index contributed by atoms with van der Waals surface area (Å²) in [4.78, 5) is 0. The standard InChI is InChI=1S/C24H20N4O/c25-14-18-12-22-21(13-23(18)29-15-16-9-10-16)24(28-27-22)17-5-4-8-20(11-17)26-19-6-2-1-3-7-19/h1-8,11-13,16,26H,9-10,15H2,(H,27,28). The molecule has 0 radical (unpaired) electrons. The van der Waals surface area contributed by atoms with Gasteiger partial charge in [0.1, 0.15) is 17.5 Å². The quantitative estimate of drug-likeness (QED) is 0.454. The van der Waals surface area contributed by atoms with Crippen LogP contribution in [0.2, 0.25) is 0 Å². The van der Waals surface area contributed by atoms with Gasteiger partial charge in [-0.2, -0.15) is 10.4 Å². The number of aromatic amines is 1. The minimum atomic E-state index is 0.535. The second kappa shape index (κ2) is 7.33. The molecule has 29 heavy (non-hydrogen) atoms. The maximum absolute atomic E-state index is 9.49. The van der Waals surface area contributed by atoms with Crippen LogP contribution in [0.25, 0.3) is 22.2 Å². The van der Waals surface area contributed by atoms with E-state index in [1.54, 1.807) is 0 Å². The minimum Gasteiger partial charge on any atom is -0.492 e. The lowest BCUT2D eigenvalue weighted by atomic mass is 10.0. The summed E-state index contributed by atoms with van der Waals surface area (Å²) in [6, 6.07) is 24.2. The lowest BCUT2D eigenvalue weighted by molar-refractivity contribution is 0.299. The van der Waals surface area contributed by atoms with Crippen molar-refractivity contribution in [2.75, 3.05) is 11.9 Å². The van der Waals surface area contributed by atoms with Crippen LogP contribution in [0.4, 0.5) is 11.4 Å². The molecule has 0 bridgehead atoms. The van der Waals surface area contributed by atoms with E-state index < -0.39 is 0 Å². The summed E-state index contributed by atoms with van der Waals surface area (Å²) in [5, 5.41) is 21.4. The Labute approximate surface area is 168 Å². The molecule has 1 saturated carbocycles. The summed E-state index contributed by atoms with van der Waals surface area (Å²) in [5.74, 6) is 1.26. The van der Waals surface area contributed by atoms with Gasteiger partial charge in [-0.05, 0) is 55.2 Å². The molecule has 4 aromatic rings. The Morgan fingerprint density at radius 2 is 1.86 bits per heavy atom. The largest absolute Gasteiger partial charge is 0.492 e. The van der Waals surface area contributed by atoms with Gasteiger partial charge in [-0.15, -0.1) is 0 Å². The van der Waals surface area contributed by atoms with Crippen molar-refractivity contribution in [2.45, 2.75) is 12.8 Å². The Hall–Kier alpha value is -3.78. The Bertz CT molecular complexity index is 1200. The molecule has 0 aliphatic heterocycles. The number of anilines is 2. The van der Waals surface area contributed by atoms with Gasteiger partial charge in [0, 0.05) is 22.3 Å². The van der Waals surface area contributed by atoms with Gasteiger partial charge >= 0.3 is 0 Å². The van der Waals surface area contributed by atoms with Crippen molar-refractivity contribution in [3.63, 3.8) is 0 Å². The predicted molar refractivity (Wildman–Crippen MR) is 114 cm³/mol. The van der Waals surface area contributed by atoms with Crippen molar-refractivity contribution in [2.24, 2.45) is 5.92 Å². The van der Waals surface area contributed by atoms with Crippen LogP contribution < -0.4 is 10.1 Å². The first-order valence-electron chi connectivity index (χ1n) is 9.78. The zero-order valence-electron chi connectivity index (χ0n) is 15.9. The summed E-state index contributed by atoms with van der Waals surface area (Å²) in [7, 11) is 0. The lowest BCUT2D eigenvalue weighted by Gasteiger charge is -2.09. The van der Waals surface area contributed by atoms with E-state index in [0.29, 0.717) is 23.8 Å². The third-order valence-corrected chi connectivity index (χ3v) is 5.15. The van der Waals surface area contributed by atoms with Crippen molar-refractivity contribution in [3.8, 4) is 23.1 Å². The number of nitrogens with one attached hydrogen (secondary N) is 2. The zero-order chi connectivity index (χ0) is 19.6. The van der Waals surface area contributed by atoms with E-state index in [1.165, 1.54) is 12.8 Å². The maximum atomic E-state index is 9.49. The Kier molecular flexibility index (Phi) is 4.38. The molecule has 5 rings (SSSR count). The molecule has 5 heteroatoms. The first kappa shape index (κ1) is 17.3. The van der Waals surface area contributed by atoms with Crippen LogP contribution >= 0.6 is 0 Å². The summed E-state index contributed by atoms with van der Waals surface area (Å²) in [6.45, 7) is 0.670. The number of para-hydroxylation sites is 1. The summed E-state index contributed by atoms with van der Waals surface area (Å²) in [6.07, 6.45) is 2.42. The van der Waals surface area contributed by atoms with Crippen LogP contribution in [0.3, 0.4) is 0 Å². The van der Waals surface area contributed by atoms with Crippen LogP contribution in [-0.4, -0.2) is 16.8 Å². The molecule has 1 aromatic heterocycles. The molecule has 1 aliphatic carbocycles. The highest BCUT2D eigenvalue weighted by atomic mass is 16.5. The maximum Gasteiger partial charge on any atom is 0.137 e. The highest BCUT2D eigenvalue weighted by molar-refractivity contribution is 5.95. The molecule has 0 unspecified atom stereocenters.